The molecule has 3 aromatic carbocycles. The molecule has 178 valence electrons. The van der Waals surface area contributed by atoms with Gasteiger partial charge in [-0.1, -0.05) is 23.4 Å². The van der Waals surface area contributed by atoms with E-state index >= 15 is 0 Å². The molecule has 0 saturated carbocycles. The summed E-state index contributed by atoms with van der Waals surface area (Å²) in [7, 11) is 3.09. The third-order valence-electron chi connectivity index (χ3n) is 4.96. The number of carboxylic acids is 1. The van der Waals surface area contributed by atoms with Crippen molar-refractivity contribution in [1.29, 1.82) is 0 Å². The number of aryl methyl sites for hydroxylation is 1. The van der Waals surface area contributed by atoms with Crippen LogP contribution in [-0.4, -0.2) is 37.6 Å². The largest absolute Gasteiger partial charge is 0.497 e. The van der Waals surface area contributed by atoms with Gasteiger partial charge in [-0.2, -0.15) is 0 Å². The van der Waals surface area contributed by atoms with Crippen molar-refractivity contribution in [3.8, 4) is 17.2 Å². The summed E-state index contributed by atoms with van der Waals surface area (Å²) in [5.74, 6) is 0.325. The molecule has 0 saturated heterocycles. The maximum Gasteiger partial charge on any atom is 0.303 e. The Kier molecular flexibility index (Phi) is 8.85. The highest BCUT2D eigenvalue weighted by Crippen LogP contribution is 2.20. The molecule has 7 nitrogen and oxygen atoms in total. The number of carbonyl (C=O) groups is 1. The second-order valence-corrected chi connectivity index (χ2v) is 7.32. The smallest absolute Gasteiger partial charge is 0.303 e. The Morgan fingerprint density at radius 3 is 2.21 bits per heavy atom. The van der Waals surface area contributed by atoms with Crippen LogP contribution >= 0.6 is 0 Å². The minimum absolute atomic E-state index is 0.121. The molecule has 0 atom stereocenters. The van der Waals surface area contributed by atoms with E-state index in [1.165, 1.54) is 13.2 Å². The number of ether oxygens (including phenoxy) is 3. The van der Waals surface area contributed by atoms with Crippen molar-refractivity contribution in [2.24, 2.45) is 5.16 Å². The molecule has 0 amide bonds. The molecule has 0 aliphatic carbocycles. The van der Waals surface area contributed by atoms with Gasteiger partial charge in [0.1, 0.15) is 49.1 Å². The number of benzene rings is 3. The molecule has 3 rings (SSSR count). The number of oxime groups is 1. The number of nitrogens with zero attached hydrogens (tertiary/aromatic N) is 1. The van der Waals surface area contributed by atoms with Gasteiger partial charge in [-0.3, -0.25) is 4.79 Å². The Morgan fingerprint density at radius 1 is 0.912 bits per heavy atom. The number of hydrogen-bond acceptors (Lipinski definition) is 6. The Morgan fingerprint density at radius 2 is 1.59 bits per heavy atom. The molecular formula is C26H26FNO6. The summed E-state index contributed by atoms with van der Waals surface area (Å²) >= 11 is 0. The van der Waals surface area contributed by atoms with Crippen LogP contribution in [0.3, 0.4) is 0 Å². The summed E-state index contributed by atoms with van der Waals surface area (Å²) in [5, 5.41) is 12.8. The maximum absolute atomic E-state index is 14.1. The van der Waals surface area contributed by atoms with Gasteiger partial charge in [0.2, 0.25) is 0 Å². The predicted molar refractivity (Wildman–Crippen MR) is 125 cm³/mol. The summed E-state index contributed by atoms with van der Waals surface area (Å²) in [6.45, 7) is 0.458. The zero-order valence-corrected chi connectivity index (χ0v) is 19.0. The minimum Gasteiger partial charge on any atom is -0.497 e. The van der Waals surface area contributed by atoms with E-state index in [4.69, 9.17) is 24.2 Å². The van der Waals surface area contributed by atoms with Gasteiger partial charge < -0.3 is 24.2 Å². The Hall–Kier alpha value is -4.07. The summed E-state index contributed by atoms with van der Waals surface area (Å²) in [5.41, 5.74) is 2.71. The van der Waals surface area contributed by atoms with E-state index in [2.05, 4.69) is 5.16 Å². The van der Waals surface area contributed by atoms with Crippen LogP contribution in [0.1, 0.15) is 23.1 Å². The van der Waals surface area contributed by atoms with Crippen LogP contribution in [0, 0.1) is 5.82 Å². The van der Waals surface area contributed by atoms with Gasteiger partial charge in [0.25, 0.3) is 0 Å². The third kappa shape index (κ3) is 7.23. The van der Waals surface area contributed by atoms with Crippen molar-refractivity contribution >= 4 is 11.7 Å². The summed E-state index contributed by atoms with van der Waals surface area (Å²) in [4.78, 5) is 15.6. The fourth-order valence-electron chi connectivity index (χ4n) is 3.12. The molecule has 0 spiro atoms. The lowest BCUT2D eigenvalue weighted by molar-refractivity contribution is -0.136. The standard InChI is InChI=1S/C26H26FNO6/c1-31-21-11-6-20(7-12-21)25(28-32-2)17-34-22-9-3-18(4-10-22)16-33-23-13-5-19(24(27)15-23)8-14-26(29)30/h3-7,9-13,15H,8,14,16-17H2,1-2H3,(H,29,30)/b28-25+. The fraction of sp³-hybridized carbons (Fsp3) is 0.231. The zero-order valence-electron chi connectivity index (χ0n) is 19.0. The molecule has 0 bridgehead atoms. The first-order chi connectivity index (χ1) is 16.5. The molecule has 0 unspecified atom stereocenters. The molecule has 0 aromatic heterocycles. The minimum atomic E-state index is -0.963. The van der Waals surface area contributed by atoms with Crippen molar-refractivity contribution < 1.29 is 33.3 Å². The van der Waals surface area contributed by atoms with Gasteiger partial charge in [-0.15, -0.1) is 0 Å². The highest BCUT2D eigenvalue weighted by molar-refractivity contribution is 6.01. The maximum atomic E-state index is 14.1. The Balaban J connectivity index is 1.53. The van der Waals surface area contributed by atoms with E-state index in [9.17, 15) is 9.18 Å². The number of aliphatic carboxylic acids is 1. The molecule has 3 aromatic rings. The van der Waals surface area contributed by atoms with E-state index in [1.807, 2.05) is 48.5 Å². The van der Waals surface area contributed by atoms with Crippen LogP contribution in [0.2, 0.25) is 0 Å². The number of halogens is 1. The molecule has 0 radical (unpaired) electrons. The molecule has 0 aliphatic rings. The number of methoxy groups -OCH3 is 1. The second-order valence-electron chi connectivity index (χ2n) is 7.32. The lowest BCUT2D eigenvalue weighted by atomic mass is 10.1. The average molecular weight is 467 g/mol. The molecule has 8 heteroatoms. The number of hydrogen-bond donors (Lipinski definition) is 1. The Labute approximate surface area is 197 Å². The van der Waals surface area contributed by atoms with E-state index < -0.39 is 11.8 Å². The van der Waals surface area contributed by atoms with E-state index in [0.717, 1.165) is 16.9 Å². The van der Waals surface area contributed by atoms with Crippen molar-refractivity contribution in [2.75, 3.05) is 20.8 Å². The number of carboxylic acid groups (broad SMARTS) is 1. The molecule has 34 heavy (non-hydrogen) atoms. The van der Waals surface area contributed by atoms with Crippen LogP contribution in [0.4, 0.5) is 4.39 Å². The van der Waals surface area contributed by atoms with Crippen molar-refractivity contribution in [2.45, 2.75) is 19.4 Å². The summed E-state index contributed by atoms with van der Waals surface area (Å²) in [6.07, 6.45) is 0.0165. The van der Waals surface area contributed by atoms with E-state index in [-0.39, 0.29) is 26.1 Å². The lowest BCUT2D eigenvalue weighted by Crippen LogP contribution is -2.13. The van der Waals surface area contributed by atoms with Crippen molar-refractivity contribution in [3.63, 3.8) is 0 Å². The molecular weight excluding hydrogens is 441 g/mol. The van der Waals surface area contributed by atoms with Crippen LogP contribution in [0.25, 0.3) is 0 Å². The zero-order chi connectivity index (χ0) is 24.3. The monoisotopic (exact) mass is 467 g/mol. The first-order valence-electron chi connectivity index (χ1n) is 10.6. The highest BCUT2D eigenvalue weighted by Gasteiger charge is 2.09. The summed E-state index contributed by atoms with van der Waals surface area (Å²) in [6, 6.07) is 19.2. The van der Waals surface area contributed by atoms with E-state index in [1.54, 1.807) is 19.2 Å². The Bertz CT molecular complexity index is 1110. The fourth-order valence-corrected chi connectivity index (χ4v) is 3.12. The van der Waals surface area contributed by atoms with Gasteiger partial charge in [-0.05, 0) is 60.0 Å². The second kappa shape index (κ2) is 12.2. The SMILES string of the molecule is CO/N=C(\COc1ccc(COc2ccc(CCC(=O)O)c(F)c2)cc1)c1ccc(OC)cc1. The van der Waals surface area contributed by atoms with Crippen LogP contribution < -0.4 is 14.2 Å². The highest BCUT2D eigenvalue weighted by atomic mass is 19.1. The van der Waals surface area contributed by atoms with Gasteiger partial charge in [0.15, 0.2) is 0 Å². The van der Waals surface area contributed by atoms with Crippen molar-refractivity contribution in [3.05, 3.63) is 89.2 Å². The molecule has 0 aliphatic heterocycles. The van der Waals surface area contributed by atoms with E-state index in [0.29, 0.717) is 22.8 Å². The van der Waals surface area contributed by atoms with Gasteiger partial charge in [0, 0.05) is 18.1 Å². The van der Waals surface area contributed by atoms with Crippen molar-refractivity contribution in [1.82, 2.24) is 0 Å². The van der Waals surface area contributed by atoms with Gasteiger partial charge >= 0.3 is 5.97 Å². The molecule has 0 heterocycles. The molecule has 0 fully saturated rings. The predicted octanol–water partition coefficient (Wildman–Crippen LogP) is 4.86. The first-order valence-corrected chi connectivity index (χ1v) is 10.6. The third-order valence-corrected chi connectivity index (χ3v) is 4.96. The van der Waals surface area contributed by atoms with Crippen LogP contribution in [-0.2, 0) is 22.7 Å². The molecule has 1 N–H and O–H groups in total. The quantitative estimate of drug-likeness (QED) is 0.302. The average Bonchev–Trinajstić information content (AvgIpc) is 2.85. The topological polar surface area (TPSA) is 86.6 Å². The summed E-state index contributed by atoms with van der Waals surface area (Å²) < 4.78 is 30.8. The lowest BCUT2D eigenvalue weighted by Gasteiger charge is -2.11. The normalized spacial score (nSPS) is 11.1. The number of rotatable bonds is 12. The van der Waals surface area contributed by atoms with Crippen LogP contribution in [0.15, 0.2) is 71.9 Å². The van der Waals surface area contributed by atoms with Crippen LogP contribution in [0.5, 0.6) is 17.2 Å². The van der Waals surface area contributed by atoms with Gasteiger partial charge in [-0.25, -0.2) is 4.39 Å². The first kappa shape index (κ1) is 24.6. The van der Waals surface area contributed by atoms with Gasteiger partial charge in [0.05, 0.1) is 7.11 Å².